The number of hydrogen-bond acceptors (Lipinski definition) is 5. The van der Waals surface area contributed by atoms with Gasteiger partial charge in [0.1, 0.15) is 11.2 Å². The van der Waals surface area contributed by atoms with Gasteiger partial charge in [0.2, 0.25) is 0 Å². The average Bonchev–Trinajstić information content (AvgIpc) is 4.14. The zero-order chi connectivity index (χ0) is 43.7. The minimum absolute atomic E-state index is 0.608. The van der Waals surface area contributed by atoms with Crippen LogP contribution < -0.4 is 0 Å². The fourth-order valence-corrected chi connectivity index (χ4v) is 11.9. The highest BCUT2D eigenvalue weighted by Crippen LogP contribution is 2.52. The molecule has 0 bridgehead atoms. The lowest BCUT2D eigenvalue weighted by atomic mass is 9.96. The van der Waals surface area contributed by atoms with Gasteiger partial charge in [-0.15, -0.1) is 11.3 Å². The third-order valence-electron chi connectivity index (χ3n) is 13.8. The largest absolute Gasteiger partial charge is 0.456 e. The van der Waals surface area contributed by atoms with Gasteiger partial charge in [-0.05, 0) is 117 Å². The Balaban J connectivity index is 0.859. The summed E-state index contributed by atoms with van der Waals surface area (Å²) in [6.45, 7) is 0. The number of benzene rings is 10. The predicted molar refractivity (Wildman–Crippen MR) is 278 cm³/mol. The molecule has 5 nitrogen and oxygen atoms in total. The van der Waals surface area contributed by atoms with Crippen LogP contribution >= 0.6 is 11.3 Å². The van der Waals surface area contributed by atoms with Gasteiger partial charge in [-0.25, -0.2) is 15.0 Å². The Labute approximate surface area is 387 Å². The molecule has 0 fully saturated rings. The summed E-state index contributed by atoms with van der Waals surface area (Å²) in [5, 5.41) is 9.82. The zero-order valence-electron chi connectivity index (χ0n) is 35.7. The van der Waals surface area contributed by atoms with E-state index in [1.54, 1.807) is 0 Å². The first-order valence-electron chi connectivity index (χ1n) is 22.6. The molecule has 0 spiro atoms. The quantitative estimate of drug-likeness (QED) is 0.173. The van der Waals surface area contributed by atoms with Gasteiger partial charge in [-0.1, -0.05) is 133 Å². The molecule has 6 heteroatoms. The van der Waals surface area contributed by atoms with Crippen molar-refractivity contribution in [2.24, 2.45) is 0 Å². The first kappa shape index (κ1) is 36.6. The lowest BCUT2D eigenvalue weighted by Crippen LogP contribution is -2.00. The molecular formula is C61H34N4OS. The van der Waals surface area contributed by atoms with Gasteiger partial charge in [-0.2, -0.15) is 0 Å². The summed E-state index contributed by atoms with van der Waals surface area (Å²) in [6.07, 6.45) is 0. The molecule has 14 aromatic rings. The third kappa shape index (κ3) is 5.45. The molecule has 0 saturated heterocycles. The summed E-state index contributed by atoms with van der Waals surface area (Å²) < 4.78 is 11.5. The molecule has 10 aromatic carbocycles. The number of para-hydroxylation sites is 1. The fraction of sp³-hybridized carbons (Fsp3) is 0. The second-order valence-corrected chi connectivity index (χ2v) is 18.6. The lowest BCUT2D eigenvalue weighted by Gasteiger charge is -2.09. The van der Waals surface area contributed by atoms with Crippen molar-refractivity contribution in [2.75, 3.05) is 0 Å². The molecule has 67 heavy (non-hydrogen) atoms. The van der Waals surface area contributed by atoms with E-state index in [4.69, 9.17) is 19.4 Å². The number of thiophene rings is 1. The normalized spacial score (nSPS) is 12.2. The molecule has 0 saturated carbocycles. The van der Waals surface area contributed by atoms with Crippen LogP contribution in [0.3, 0.4) is 0 Å². The van der Waals surface area contributed by atoms with E-state index >= 15 is 0 Å². The second-order valence-electron chi connectivity index (χ2n) is 17.5. The van der Waals surface area contributed by atoms with E-state index in [1.165, 1.54) is 75.1 Å². The fourth-order valence-electron chi connectivity index (χ4n) is 10.7. The van der Waals surface area contributed by atoms with E-state index in [-0.39, 0.29) is 0 Å². The number of hydrogen-bond donors (Lipinski definition) is 0. The number of furan rings is 1. The molecule has 310 valence electrons. The van der Waals surface area contributed by atoms with Gasteiger partial charge in [0.05, 0.1) is 11.0 Å². The van der Waals surface area contributed by atoms with Gasteiger partial charge in [0.25, 0.3) is 0 Å². The molecule has 4 aromatic heterocycles. The zero-order valence-corrected chi connectivity index (χ0v) is 36.6. The number of nitrogens with zero attached hydrogens (tertiary/aromatic N) is 4. The molecule has 1 aliphatic carbocycles. The molecule has 0 unspecified atom stereocenters. The highest BCUT2D eigenvalue weighted by atomic mass is 32.1. The Morgan fingerprint density at radius 1 is 0.328 bits per heavy atom. The maximum atomic E-state index is 6.48. The van der Waals surface area contributed by atoms with E-state index in [9.17, 15) is 0 Å². The van der Waals surface area contributed by atoms with Crippen molar-refractivity contribution < 1.29 is 4.42 Å². The van der Waals surface area contributed by atoms with Crippen molar-refractivity contribution in [1.29, 1.82) is 0 Å². The SMILES string of the molecule is c1ccc(-c2nc(-c3ccccc3)nc(-c3ccc4oc5ccc(-n6c7ccccc7c7cc(-c8ccc9sc%10cc%11c%12c(cccc%12c%10c9c8)-c8ccccc8-%11)ccc76)cc5c4c3)n2)cc1. The molecule has 0 aliphatic heterocycles. The van der Waals surface area contributed by atoms with Gasteiger partial charge in [0, 0.05) is 64.1 Å². The van der Waals surface area contributed by atoms with E-state index in [0.29, 0.717) is 17.5 Å². The Kier molecular flexibility index (Phi) is 7.59. The summed E-state index contributed by atoms with van der Waals surface area (Å²) in [7, 11) is 0. The molecule has 0 N–H and O–H groups in total. The monoisotopic (exact) mass is 870 g/mol. The highest BCUT2D eigenvalue weighted by Gasteiger charge is 2.24. The van der Waals surface area contributed by atoms with Crippen LogP contribution in [0.15, 0.2) is 211 Å². The van der Waals surface area contributed by atoms with Crippen LogP contribution in [-0.2, 0) is 0 Å². The van der Waals surface area contributed by atoms with Crippen molar-refractivity contribution in [3.05, 3.63) is 206 Å². The van der Waals surface area contributed by atoms with Crippen LogP contribution in [-0.4, -0.2) is 19.5 Å². The summed E-state index contributed by atoms with van der Waals surface area (Å²) in [5.41, 5.74) is 15.5. The van der Waals surface area contributed by atoms with E-state index in [0.717, 1.165) is 55.3 Å². The molecule has 0 atom stereocenters. The minimum Gasteiger partial charge on any atom is -0.456 e. The Morgan fingerprint density at radius 2 is 0.896 bits per heavy atom. The number of rotatable bonds is 5. The summed E-state index contributed by atoms with van der Waals surface area (Å²) >= 11 is 1.90. The maximum absolute atomic E-state index is 6.48. The van der Waals surface area contributed by atoms with Crippen molar-refractivity contribution in [1.82, 2.24) is 19.5 Å². The van der Waals surface area contributed by atoms with Crippen LogP contribution in [0, 0.1) is 0 Å². The molecular weight excluding hydrogens is 837 g/mol. The van der Waals surface area contributed by atoms with Gasteiger partial charge >= 0.3 is 0 Å². The lowest BCUT2D eigenvalue weighted by molar-refractivity contribution is 0.669. The van der Waals surface area contributed by atoms with Crippen molar-refractivity contribution in [2.45, 2.75) is 0 Å². The van der Waals surface area contributed by atoms with Crippen LogP contribution in [0.2, 0.25) is 0 Å². The van der Waals surface area contributed by atoms with Crippen LogP contribution in [0.25, 0.3) is 148 Å². The predicted octanol–water partition coefficient (Wildman–Crippen LogP) is 16.7. The first-order chi connectivity index (χ1) is 33.2. The summed E-state index contributed by atoms with van der Waals surface area (Å²) in [6, 6.07) is 73.7. The highest BCUT2D eigenvalue weighted by molar-refractivity contribution is 7.26. The van der Waals surface area contributed by atoms with Crippen molar-refractivity contribution >= 4 is 86.0 Å². The van der Waals surface area contributed by atoms with E-state index in [1.807, 2.05) is 84.1 Å². The van der Waals surface area contributed by atoms with Gasteiger partial charge in [-0.3, -0.25) is 0 Å². The van der Waals surface area contributed by atoms with E-state index < -0.39 is 0 Å². The number of fused-ring (bicyclic) bond motifs is 13. The molecule has 1 aliphatic rings. The molecule has 4 heterocycles. The van der Waals surface area contributed by atoms with Crippen LogP contribution in [0.1, 0.15) is 0 Å². The van der Waals surface area contributed by atoms with Crippen molar-refractivity contribution in [3.63, 3.8) is 0 Å². The van der Waals surface area contributed by atoms with Crippen molar-refractivity contribution in [3.8, 4) is 73.2 Å². The maximum Gasteiger partial charge on any atom is 0.164 e. The Morgan fingerprint density at radius 3 is 1.67 bits per heavy atom. The van der Waals surface area contributed by atoms with Crippen LogP contribution in [0.4, 0.5) is 0 Å². The standard InChI is InChI=1S/C61H34N4OS/c1-3-12-35(13-4-1)59-62-60(36-14-5-2-6-15-36)64-61(63-59)39-23-27-53-47(32-39)48-33-40(25-28-54(48)66-53)65-51-21-10-9-18-43(51)46-30-37(22-26-52(46)65)38-24-29-55-50(31-38)58-45-20-11-19-44-41-16-7-8-17-42(41)49(57(44)45)34-56(58)67-55/h1-34H. The summed E-state index contributed by atoms with van der Waals surface area (Å²) in [5.74, 6) is 1.87. The molecule has 15 rings (SSSR count). The Hall–Kier alpha value is -8.71. The van der Waals surface area contributed by atoms with E-state index in [2.05, 4.69) is 138 Å². The number of aromatic nitrogens is 4. The minimum atomic E-state index is 0.608. The van der Waals surface area contributed by atoms with Gasteiger partial charge in [0.15, 0.2) is 17.5 Å². The average molecular weight is 871 g/mol. The van der Waals surface area contributed by atoms with Crippen LogP contribution in [0.5, 0.6) is 0 Å². The Bertz CT molecular complexity index is 4330. The summed E-state index contributed by atoms with van der Waals surface area (Å²) in [4.78, 5) is 15.0. The second kappa shape index (κ2) is 13.9. The smallest absolute Gasteiger partial charge is 0.164 e. The topological polar surface area (TPSA) is 56.7 Å². The third-order valence-corrected chi connectivity index (χ3v) is 14.9. The molecule has 0 amide bonds. The first-order valence-corrected chi connectivity index (χ1v) is 23.4. The molecule has 0 radical (unpaired) electrons. The van der Waals surface area contributed by atoms with Gasteiger partial charge < -0.3 is 8.98 Å².